The van der Waals surface area contributed by atoms with Gasteiger partial charge in [-0.1, -0.05) is 18.2 Å². The highest BCUT2D eigenvalue weighted by Gasteiger charge is 2.50. The third kappa shape index (κ3) is 5.55. The van der Waals surface area contributed by atoms with Gasteiger partial charge >= 0.3 is 5.88 Å². The van der Waals surface area contributed by atoms with E-state index in [0.29, 0.717) is 27.6 Å². The average molecular weight is 548 g/mol. The first-order valence-electron chi connectivity index (χ1n) is 12.5. The van der Waals surface area contributed by atoms with Crippen LogP contribution in [-0.2, 0) is 23.2 Å². The van der Waals surface area contributed by atoms with Crippen LogP contribution in [-0.4, -0.2) is 55.8 Å². The molecule has 1 saturated heterocycles. The van der Waals surface area contributed by atoms with Gasteiger partial charge in [-0.2, -0.15) is 0 Å². The normalized spacial score (nSPS) is 16.9. The second-order valence-electron chi connectivity index (χ2n) is 9.54. The Kier molecular flexibility index (Phi) is 7.20. The van der Waals surface area contributed by atoms with Crippen molar-refractivity contribution in [1.82, 2.24) is 15.1 Å². The molecule has 2 heterocycles. The fraction of sp³-hybridized carbons (Fsp3) is 0.296. The van der Waals surface area contributed by atoms with Crippen molar-refractivity contribution < 1.29 is 28.4 Å². The van der Waals surface area contributed by atoms with Gasteiger partial charge in [0, 0.05) is 22.9 Å². The third-order valence-corrected chi connectivity index (χ3v) is 7.14. The molecule has 1 aliphatic carbocycles. The van der Waals surface area contributed by atoms with Crippen LogP contribution in [0.5, 0.6) is 0 Å². The predicted octanol–water partition coefficient (Wildman–Crippen LogP) is 2.44. The highest BCUT2D eigenvalue weighted by molar-refractivity contribution is 7.80. The molecule has 1 saturated carbocycles. The molecule has 12 heteroatoms. The van der Waals surface area contributed by atoms with Crippen molar-refractivity contribution in [2.45, 2.75) is 44.8 Å². The molecule has 1 unspecified atom stereocenters. The first kappa shape index (κ1) is 26.2. The fourth-order valence-electron chi connectivity index (χ4n) is 4.43. The molecule has 2 aromatic carbocycles. The van der Waals surface area contributed by atoms with Crippen LogP contribution in [0.4, 0.5) is 11.6 Å². The van der Waals surface area contributed by atoms with Crippen LogP contribution in [0, 0.1) is 0 Å². The molecule has 1 aliphatic heterocycles. The molecule has 1 atom stereocenters. The van der Waals surface area contributed by atoms with E-state index >= 15 is 0 Å². The number of anilines is 2. The Hall–Kier alpha value is -4.45. The molecular weight excluding hydrogens is 520 g/mol. The Labute approximate surface area is 229 Å². The Balaban J connectivity index is 1.35. The lowest BCUT2D eigenvalue weighted by Gasteiger charge is -2.22. The minimum Gasteiger partial charge on any atom is -0.326 e. The van der Waals surface area contributed by atoms with Gasteiger partial charge in [0.15, 0.2) is 17.9 Å². The Morgan fingerprint density at radius 1 is 1.05 bits per heavy atom. The second-order valence-corrected chi connectivity index (χ2v) is 9.91. The molecule has 1 aromatic heterocycles. The minimum absolute atomic E-state index is 0.0214. The second kappa shape index (κ2) is 10.7. The van der Waals surface area contributed by atoms with Crippen LogP contribution in [0.25, 0.3) is 0 Å². The van der Waals surface area contributed by atoms with Gasteiger partial charge in [-0.3, -0.25) is 33.9 Å². The summed E-state index contributed by atoms with van der Waals surface area (Å²) in [6.45, 7) is 1.56. The number of nitrogens with zero attached hydrogens (tertiary/aromatic N) is 4. The van der Waals surface area contributed by atoms with E-state index in [1.165, 1.54) is 11.6 Å². The lowest BCUT2D eigenvalue weighted by molar-refractivity contribution is -0.746. The summed E-state index contributed by atoms with van der Waals surface area (Å²) in [6.07, 6.45) is 1.55. The van der Waals surface area contributed by atoms with Gasteiger partial charge in [-0.05, 0) is 73.1 Å². The smallest absolute Gasteiger partial charge is 0.307 e. The zero-order chi connectivity index (χ0) is 27.7. The van der Waals surface area contributed by atoms with E-state index in [1.807, 2.05) is 6.07 Å². The number of rotatable bonds is 9. The summed E-state index contributed by atoms with van der Waals surface area (Å²) < 4.78 is 6.84. The van der Waals surface area contributed by atoms with Crippen LogP contribution in [0.2, 0.25) is 0 Å². The Bertz CT molecular complexity index is 1450. The molecule has 2 N–H and O–H groups in total. The summed E-state index contributed by atoms with van der Waals surface area (Å²) >= 11 is 5.70. The lowest BCUT2D eigenvalue weighted by Crippen LogP contribution is -2.43. The van der Waals surface area contributed by atoms with Crippen molar-refractivity contribution in [3.8, 4) is 0 Å². The molecule has 2 fully saturated rings. The maximum Gasteiger partial charge on any atom is 0.307 e. The fourth-order valence-corrected chi connectivity index (χ4v) is 4.86. The number of benzene rings is 2. The molecule has 3 amide bonds. The van der Waals surface area contributed by atoms with Gasteiger partial charge in [0.1, 0.15) is 12.6 Å². The zero-order valence-electron chi connectivity index (χ0n) is 21.4. The summed E-state index contributed by atoms with van der Waals surface area (Å²) in [4.78, 5) is 54.0. The third-order valence-electron chi connectivity index (χ3n) is 6.71. The molecule has 11 nitrogen and oxygen atoms in total. The van der Waals surface area contributed by atoms with Crippen molar-refractivity contribution >= 4 is 52.4 Å². The number of aryl methyl sites for hydroxylation is 1. The quantitative estimate of drug-likeness (QED) is 0.238. The van der Waals surface area contributed by atoms with Crippen LogP contribution >= 0.6 is 12.2 Å². The van der Waals surface area contributed by atoms with Gasteiger partial charge in [-0.15, -0.1) is 0 Å². The van der Waals surface area contributed by atoms with Gasteiger partial charge in [-0.25, -0.2) is 0 Å². The number of ketones is 1. The number of Topliss-reactive ketones (excluding diaryl/α,β-unsaturated/α-hetero) is 1. The molecule has 0 bridgehead atoms. The number of aromatic nitrogens is 2. The molecule has 200 valence electrons. The molecule has 39 heavy (non-hydrogen) atoms. The van der Waals surface area contributed by atoms with Crippen molar-refractivity contribution in [3.63, 3.8) is 0 Å². The van der Waals surface area contributed by atoms with Crippen LogP contribution in [0.1, 0.15) is 52.6 Å². The lowest BCUT2D eigenvalue weighted by atomic mass is 10.1. The number of amides is 3. The highest BCUT2D eigenvalue weighted by atomic mass is 32.1. The van der Waals surface area contributed by atoms with Crippen molar-refractivity contribution in [3.05, 3.63) is 71.4 Å². The van der Waals surface area contributed by atoms with Crippen molar-refractivity contribution in [2.24, 2.45) is 7.05 Å². The maximum atomic E-state index is 13.4. The molecule has 2 aliphatic rings. The van der Waals surface area contributed by atoms with Gasteiger partial charge < -0.3 is 10.2 Å². The van der Waals surface area contributed by atoms with E-state index in [0.717, 1.165) is 12.8 Å². The molecule has 3 aromatic rings. The summed E-state index contributed by atoms with van der Waals surface area (Å²) in [5.41, 5.74) is 1.98. The van der Waals surface area contributed by atoms with Gasteiger partial charge in [0.05, 0.1) is 6.42 Å². The van der Waals surface area contributed by atoms with Gasteiger partial charge in [0.25, 0.3) is 17.5 Å². The summed E-state index contributed by atoms with van der Waals surface area (Å²) in [5.74, 6) is -0.935. The first-order chi connectivity index (χ1) is 18.7. The predicted molar refractivity (Wildman–Crippen MR) is 144 cm³/mol. The van der Waals surface area contributed by atoms with Crippen LogP contribution < -0.4 is 15.3 Å². The largest absolute Gasteiger partial charge is 0.326 e. The van der Waals surface area contributed by atoms with E-state index in [-0.39, 0.29) is 48.4 Å². The Morgan fingerprint density at radius 3 is 2.38 bits per heavy atom. The number of hydrogen-bond acceptors (Lipinski definition) is 7. The Morgan fingerprint density at radius 2 is 1.74 bits per heavy atom. The van der Waals surface area contributed by atoms with E-state index in [9.17, 15) is 19.2 Å². The first-order valence-corrected chi connectivity index (χ1v) is 12.9. The topological polar surface area (TPSA) is 129 Å². The monoisotopic (exact) mass is 547 g/mol. The van der Waals surface area contributed by atoms with Crippen molar-refractivity contribution in [2.75, 3.05) is 10.6 Å². The van der Waals surface area contributed by atoms with E-state index < -0.39 is 6.04 Å². The summed E-state index contributed by atoms with van der Waals surface area (Å²) in [7, 11) is 1.66. The molecule has 5 rings (SSSR count). The standard InChI is InChI=1S/C27H26N6O5S/c1-16(34)17-8-10-19(11-9-17)28-23(35)14-21-26(37)33(20-12-13-20)27(39)32(21)15-22-25(38-30-31(22)2)29-24(36)18-6-4-3-5-7-18/h3-11,20-21H,12-15H2,1-2H3,(H-,28,29,30,34,35,36)/p+1. The van der Waals surface area contributed by atoms with E-state index in [1.54, 1.807) is 65.4 Å². The zero-order valence-corrected chi connectivity index (χ0v) is 22.2. The van der Waals surface area contributed by atoms with E-state index in [2.05, 4.69) is 15.9 Å². The van der Waals surface area contributed by atoms with E-state index in [4.69, 9.17) is 16.7 Å². The number of thiocarbonyl (C=S) groups is 1. The molecular formula is C27H27N6O5S+. The maximum absolute atomic E-state index is 13.4. The molecule has 0 spiro atoms. The van der Waals surface area contributed by atoms with Crippen LogP contribution in [0.3, 0.4) is 0 Å². The number of carbonyl (C=O) groups is 4. The number of hydrogen-bond donors (Lipinski definition) is 2. The average Bonchev–Trinajstić information content (AvgIpc) is 3.66. The van der Waals surface area contributed by atoms with Gasteiger partial charge in [0.2, 0.25) is 11.2 Å². The number of nitrogens with one attached hydrogen (secondary N) is 2. The summed E-state index contributed by atoms with van der Waals surface area (Å²) in [5, 5.41) is 9.79. The SMILES string of the molecule is CC(=O)c1ccc(NC(=O)CC2C(=O)N(C3CC3)C(=S)N2Cc2c(NC(=O)c3ccccc3)on[n+]2C)cc1. The minimum atomic E-state index is -0.845. The molecule has 0 radical (unpaired) electrons. The van der Waals surface area contributed by atoms with Crippen molar-refractivity contribution in [1.29, 1.82) is 0 Å². The van der Waals surface area contributed by atoms with Crippen LogP contribution in [0.15, 0.2) is 59.1 Å². The summed E-state index contributed by atoms with van der Waals surface area (Å²) in [6, 6.07) is 14.4. The number of carbonyl (C=O) groups excluding carboxylic acids is 4. The highest BCUT2D eigenvalue weighted by Crippen LogP contribution is 2.35.